The molecule has 14 heteroatoms. The van der Waals surface area contributed by atoms with Gasteiger partial charge >= 0.3 is 12.1 Å². The van der Waals surface area contributed by atoms with Crippen LogP contribution < -0.4 is 16.5 Å². The second-order valence-electron chi connectivity index (χ2n) is 10.5. The highest BCUT2D eigenvalue weighted by atomic mass is 19.4. The number of hydrogen-bond acceptors (Lipinski definition) is 5. The van der Waals surface area contributed by atoms with Crippen molar-refractivity contribution in [3.63, 3.8) is 0 Å². The Morgan fingerprint density at radius 3 is 2.17 bits per heavy atom. The van der Waals surface area contributed by atoms with E-state index < -0.39 is 66.4 Å². The lowest BCUT2D eigenvalue weighted by atomic mass is 9.85. The van der Waals surface area contributed by atoms with Gasteiger partial charge in [0.2, 0.25) is 11.8 Å². The van der Waals surface area contributed by atoms with Crippen molar-refractivity contribution in [3.8, 4) is 0 Å². The fraction of sp³-hybridized carbons (Fsp3) is 0.762. The van der Waals surface area contributed by atoms with Crippen molar-refractivity contribution >= 4 is 29.5 Å². The maximum Gasteiger partial charge on any atom is 0.471 e. The van der Waals surface area contributed by atoms with Crippen LogP contribution in [0.4, 0.5) is 17.6 Å². The molecule has 0 radical (unpaired) electrons. The molecule has 1 heterocycles. The third kappa shape index (κ3) is 6.01. The second-order valence-corrected chi connectivity index (χ2v) is 10.5. The Bertz CT molecular complexity index is 902. The summed E-state index contributed by atoms with van der Waals surface area (Å²) in [5, 5.41) is 2.32. The van der Waals surface area contributed by atoms with Gasteiger partial charge in [0.1, 0.15) is 12.1 Å². The summed E-state index contributed by atoms with van der Waals surface area (Å²) in [6.45, 7) is 6.27. The molecular weight excluding hydrogens is 478 g/mol. The van der Waals surface area contributed by atoms with Gasteiger partial charge in [0.25, 0.3) is 11.8 Å². The molecule has 1 aliphatic carbocycles. The normalized spacial score (nSPS) is 23.7. The summed E-state index contributed by atoms with van der Waals surface area (Å²) in [4.78, 5) is 62.3. The molecule has 2 aliphatic rings. The van der Waals surface area contributed by atoms with E-state index in [2.05, 4.69) is 5.43 Å². The van der Waals surface area contributed by atoms with Gasteiger partial charge in [0.15, 0.2) is 6.67 Å². The van der Waals surface area contributed by atoms with Gasteiger partial charge in [-0.2, -0.15) is 13.2 Å². The molecule has 0 bridgehead atoms. The number of likely N-dealkylation sites (tertiary alicyclic amines) is 1. The summed E-state index contributed by atoms with van der Waals surface area (Å²) in [5.74, 6) is -6.53. The number of carbonyl (C=O) groups is 5. The number of hydrazine groups is 1. The van der Waals surface area contributed by atoms with Crippen molar-refractivity contribution in [3.05, 3.63) is 0 Å². The standard InChI is InChI=1S/C21H31F4N5O5/c1-19(2,3)15(27-18(35)21(23,24)25)17(34)29-9-10-13(20(10,4)5)14(29)16(33)28-30(12(32)8-22)7-6-11(26)31/h10,13-15H,6-9H2,1-5H3,(H2,26,31)(H,27,35)(H,28,33)/t10-,13-,14-,15?/m0/s1. The zero-order chi connectivity index (χ0) is 27.1. The number of alkyl halides is 4. The molecule has 1 saturated heterocycles. The summed E-state index contributed by atoms with van der Waals surface area (Å²) in [6.07, 6.45) is -5.59. The molecule has 10 nitrogen and oxygen atoms in total. The first-order chi connectivity index (χ1) is 15.8. The quantitative estimate of drug-likeness (QED) is 0.334. The van der Waals surface area contributed by atoms with Gasteiger partial charge in [-0.1, -0.05) is 34.6 Å². The molecule has 5 amide bonds. The average molecular weight is 510 g/mol. The molecule has 198 valence electrons. The van der Waals surface area contributed by atoms with Gasteiger partial charge in [-0.3, -0.25) is 34.4 Å². The van der Waals surface area contributed by atoms with E-state index in [0.29, 0.717) is 5.01 Å². The van der Waals surface area contributed by atoms with Crippen molar-refractivity contribution in [2.75, 3.05) is 19.8 Å². The van der Waals surface area contributed by atoms with Crippen LogP contribution in [-0.2, 0) is 24.0 Å². The largest absolute Gasteiger partial charge is 0.471 e. The first kappa shape index (κ1) is 28.3. The summed E-state index contributed by atoms with van der Waals surface area (Å²) < 4.78 is 51.7. The van der Waals surface area contributed by atoms with Gasteiger partial charge in [0, 0.05) is 13.0 Å². The Hall–Kier alpha value is -2.93. The number of carbonyl (C=O) groups excluding carboxylic acids is 5. The van der Waals surface area contributed by atoms with E-state index in [0.717, 1.165) is 4.90 Å². The van der Waals surface area contributed by atoms with Crippen LogP contribution in [0.5, 0.6) is 0 Å². The van der Waals surface area contributed by atoms with Crippen LogP contribution in [0.25, 0.3) is 0 Å². The molecule has 4 N–H and O–H groups in total. The van der Waals surface area contributed by atoms with Gasteiger partial charge in [-0.15, -0.1) is 0 Å². The van der Waals surface area contributed by atoms with Crippen LogP contribution in [0.3, 0.4) is 0 Å². The summed E-state index contributed by atoms with van der Waals surface area (Å²) in [5.41, 5.74) is 5.76. The van der Waals surface area contributed by atoms with Crippen molar-refractivity contribution < 1.29 is 41.5 Å². The maximum atomic E-state index is 13.4. The van der Waals surface area contributed by atoms with E-state index in [1.807, 2.05) is 13.8 Å². The molecule has 2 rings (SSSR count). The van der Waals surface area contributed by atoms with Gasteiger partial charge in [0.05, 0.1) is 6.54 Å². The molecule has 35 heavy (non-hydrogen) atoms. The van der Waals surface area contributed by atoms with Crippen LogP contribution in [0.15, 0.2) is 0 Å². The fourth-order valence-electron chi connectivity index (χ4n) is 4.58. The Morgan fingerprint density at radius 2 is 1.71 bits per heavy atom. The molecule has 0 aromatic rings. The number of hydrogen-bond donors (Lipinski definition) is 3. The predicted octanol–water partition coefficient (Wildman–Crippen LogP) is 0.267. The van der Waals surface area contributed by atoms with Gasteiger partial charge in [-0.25, -0.2) is 4.39 Å². The lowest BCUT2D eigenvalue weighted by Gasteiger charge is -2.38. The van der Waals surface area contributed by atoms with Crippen molar-refractivity contribution in [2.45, 2.75) is 59.3 Å². The Labute approximate surface area is 199 Å². The van der Waals surface area contributed by atoms with Crippen molar-refractivity contribution in [1.29, 1.82) is 0 Å². The monoisotopic (exact) mass is 509 g/mol. The zero-order valence-corrected chi connectivity index (χ0v) is 20.2. The highest BCUT2D eigenvalue weighted by Gasteiger charge is 2.70. The third-order valence-electron chi connectivity index (χ3n) is 6.65. The third-order valence-corrected chi connectivity index (χ3v) is 6.65. The predicted molar refractivity (Wildman–Crippen MR) is 113 cm³/mol. The molecule has 1 unspecified atom stereocenters. The lowest BCUT2D eigenvalue weighted by molar-refractivity contribution is -0.176. The molecule has 4 atom stereocenters. The Kier molecular flexibility index (Phi) is 7.77. The van der Waals surface area contributed by atoms with E-state index >= 15 is 0 Å². The smallest absolute Gasteiger partial charge is 0.370 e. The summed E-state index contributed by atoms with van der Waals surface area (Å²) >= 11 is 0. The van der Waals surface area contributed by atoms with Crippen LogP contribution in [0.1, 0.15) is 41.0 Å². The first-order valence-electron chi connectivity index (χ1n) is 11.0. The molecule has 0 spiro atoms. The number of rotatable bonds is 7. The van der Waals surface area contributed by atoms with E-state index in [1.54, 1.807) is 5.32 Å². The molecular formula is C21H31F4N5O5. The second kappa shape index (κ2) is 9.61. The number of primary amides is 1. The van der Waals surface area contributed by atoms with Crippen LogP contribution in [-0.4, -0.2) is 77.5 Å². The number of piperidine rings is 1. The number of nitrogens with one attached hydrogen (secondary N) is 2. The average Bonchev–Trinajstić information content (AvgIpc) is 3.06. The van der Waals surface area contributed by atoms with Crippen LogP contribution in [0.2, 0.25) is 0 Å². The minimum absolute atomic E-state index is 0.0431. The zero-order valence-electron chi connectivity index (χ0n) is 20.2. The molecule has 1 saturated carbocycles. The number of nitrogens with zero attached hydrogens (tertiary/aromatic N) is 2. The van der Waals surface area contributed by atoms with E-state index in [4.69, 9.17) is 5.73 Å². The number of fused-ring (bicyclic) bond motifs is 1. The maximum absolute atomic E-state index is 13.4. The van der Waals surface area contributed by atoms with Crippen molar-refractivity contribution in [1.82, 2.24) is 20.7 Å². The van der Waals surface area contributed by atoms with Gasteiger partial charge < -0.3 is 16.0 Å². The Balaban J connectivity index is 2.33. The first-order valence-corrected chi connectivity index (χ1v) is 11.0. The Morgan fingerprint density at radius 1 is 1.14 bits per heavy atom. The lowest BCUT2D eigenvalue weighted by Crippen LogP contribution is -2.62. The highest BCUT2D eigenvalue weighted by Crippen LogP contribution is 2.65. The van der Waals surface area contributed by atoms with E-state index in [-0.39, 0.29) is 30.2 Å². The van der Waals surface area contributed by atoms with E-state index in [1.165, 1.54) is 20.8 Å². The fourth-order valence-corrected chi connectivity index (χ4v) is 4.58. The van der Waals surface area contributed by atoms with Crippen LogP contribution >= 0.6 is 0 Å². The number of nitrogens with two attached hydrogens (primary N) is 1. The topological polar surface area (TPSA) is 142 Å². The summed E-state index contributed by atoms with van der Waals surface area (Å²) in [7, 11) is 0. The number of amides is 5. The molecule has 2 fully saturated rings. The minimum Gasteiger partial charge on any atom is -0.370 e. The minimum atomic E-state index is -5.22. The number of halogens is 4. The SMILES string of the molecule is CC(C)(C)C(NC(=O)C(F)(F)F)C(=O)N1C[C@H]2[C@@H]([C@H]1C(=O)NN(CCC(N)=O)C(=O)CF)C2(C)C. The molecule has 1 aliphatic heterocycles. The van der Waals surface area contributed by atoms with Gasteiger partial charge in [-0.05, 0) is 22.7 Å². The van der Waals surface area contributed by atoms with E-state index in [9.17, 15) is 41.5 Å². The van der Waals surface area contributed by atoms with Crippen molar-refractivity contribution in [2.24, 2.45) is 28.4 Å². The molecule has 0 aromatic carbocycles. The van der Waals surface area contributed by atoms with Crippen LogP contribution in [0, 0.1) is 22.7 Å². The highest BCUT2D eigenvalue weighted by molar-refractivity contribution is 5.95. The summed E-state index contributed by atoms with van der Waals surface area (Å²) in [6, 6.07) is -2.80. The molecule has 0 aromatic heterocycles.